The van der Waals surface area contributed by atoms with E-state index in [9.17, 15) is 0 Å². The molecule has 0 atom stereocenters. The van der Waals surface area contributed by atoms with Gasteiger partial charge in [0.1, 0.15) is 0 Å². The molecule has 1 N–H and O–H groups in total. The Morgan fingerprint density at radius 1 is 0.765 bits per heavy atom. The molecule has 2 rings (SSSR count). The maximum absolute atomic E-state index is 7.29. The summed E-state index contributed by atoms with van der Waals surface area (Å²) in [6.45, 7) is 4.08. The summed E-state index contributed by atoms with van der Waals surface area (Å²) in [4.78, 5) is 0. The molecular weight excluding hydrogens is 210 g/mol. The molecule has 0 fully saturated rings. The van der Waals surface area contributed by atoms with Crippen LogP contribution in [0, 0.1) is 19.4 Å². The molecule has 0 aromatic heterocycles. The molecular formula is C14H15N3. The first-order valence-electron chi connectivity index (χ1n) is 5.51. The maximum atomic E-state index is 7.29. The molecule has 0 unspecified atom stereocenters. The van der Waals surface area contributed by atoms with Gasteiger partial charge in [-0.1, -0.05) is 40.6 Å². The summed E-state index contributed by atoms with van der Waals surface area (Å²) in [5, 5.41) is 5.18. The Labute approximate surface area is 101 Å². The molecule has 0 amide bonds. The van der Waals surface area contributed by atoms with E-state index in [0.29, 0.717) is 0 Å². The summed E-state index contributed by atoms with van der Waals surface area (Å²) in [5.41, 5.74) is 11.5. The fourth-order valence-corrected chi connectivity index (χ4v) is 1.64. The fraction of sp³-hybridized carbons (Fsp3) is 0.143. The number of benzene rings is 2. The quantitative estimate of drug-likeness (QED) is 0.610. The highest BCUT2D eigenvalue weighted by Gasteiger charge is 2.07. The smallest absolute Gasteiger partial charge is 0.0669 e. The lowest BCUT2D eigenvalue weighted by atomic mass is 10.2. The molecule has 0 aliphatic heterocycles. The van der Waals surface area contributed by atoms with Crippen molar-refractivity contribution in [3.8, 4) is 0 Å². The van der Waals surface area contributed by atoms with Crippen molar-refractivity contribution in [2.24, 2.45) is 5.22 Å². The van der Waals surface area contributed by atoms with Crippen molar-refractivity contribution in [1.29, 1.82) is 5.53 Å². The molecule has 0 saturated heterocycles. The number of nitrogens with one attached hydrogen (secondary N) is 1. The standard InChI is InChI=1S/C14H15N3/c1-11-3-7-13(8-4-11)17(16-15)14-9-5-12(2)6-10-14/h3-10,15H,1-2H3. The van der Waals surface area contributed by atoms with Crippen LogP contribution in [0.5, 0.6) is 0 Å². The third kappa shape index (κ3) is 2.50. The third-order valence-corrected chi connectivity index (χ3v) is 2.66. The molecule has 0 bridgehead atoms. The van der Waals surface area contributed by atoms with E-state index >= 15 is 0 Å². The molecule has 86 valence electrons. The molecule has 3 heteroatoms. The third-order valence-electron chi connectivity index (χ3n) is 2.66. The van der Waals surface area contributed by atoms with Crippen LogP contribution in [0.1, 0.15) is 11.1 Å². The van der Waals surface area contributed by atoms with Crippen molar-refractivity contribution in [3.63, 3.8) is 0 Å². The van der Waals surface area contributed by atoms with Crippen LogP contribution < -0.4 is 5.01 Å². The van der Waals surface area contributed by atoms with Gasteiger partial charge in [0.2, 0.25) is 0 Å². The van der Waals surface area contributed by atoms with Crippen molar-refractivity contribution in [1.82, 2.24) is 0 Å². The van der Waals surface area contributed by atoms with Gasteiger partial charge in [-0.05, 0) is 38.1 Å². The van der Waals surface area contributed by atoms with Gasteiger partial charge < -0.3 is 0 Å². The summed E-state index contributed by atoms with van der Waals surface area (Å²) in [7, 11) is 0. The average Bonchev–Trinajstić information content (AvgIpc) is 2.35. The van der Waals surface area contributed by atoms with Gasteiger partial charge in [-0.3, -0.25) is 0 Å². The normalized spacial score (nSPS) is 10.0. The minimum Gasteiger partial charge on any atom is -0.216 e. The summed E-state index contributed by atoms with van der Waals surface area (Å²) in [6.07, 6.45) is 0. The largest absolute Gasteiger partial charge is 0.216 e. The lowest BCUT2D eigenvalue weighted by Crippen LogP contribution is -2.07. The zero-order valence-electron chi connectivity index (χ0n) is 10.0. The van der Waals surface area contributed by atoms with E-state index in [1.54, 1.807) is 5.01 Å². The first-order chi connectivity index (χ1) is 8.20. The minimum absolute atomic E-state index is 0.898. The van der Waals surface area contributed by atoms with Crippen LogP contribution in [0.25, 0.3) is 0 Å². The van der Waals surface area contributed by atoms with Gasteiger partial charge in [0.25, 0.3) is 0 Å². The number of nitrogens with zero attached hydrogens (tertiary/aromatic N) is 2. The summed E-state index contributed by atoms with van der Waals surface area (Å²) < 4.78 is 0. The van der Waals surface area contributed by atoms with Crippen LogP contribution in [-0.4, -0.2) is 0 Å². The predicted octanol–water partition coefficient (Wildman–Crippen LogP) is 4.39. The Balaban J connectivity index is 2.36. The van der Waals surface area contributed by atoms with Gasteiger partial charge in [-0.15, -0.1) is 0 Å². The number of hydrogen-bond acceptors (Lipinski definition) is 2. The van der Waals surface area contributed by atoms with E-state index in [4.69, 9.17) is 5.53 Å². The first-order valence-corrected chi connectivity index (χ1v) is 5.51. The van der Waals surface area contributed by atoms with Gasteiger partial charge in [-0.25, -0.2) is 5.01 Å². The van der Waals surface area contributed by atoms with Gasteiger partial charge in [0.15, 0.2) is 0 Å². The molecule has 2 aromatic carbocycles. The van der Waals surface area contributed by atoms with Gasteiger partial charge in [-0.2, -0.15) is 5.53 Å². The highest BCUT2D eigenvalue weighted by molar-refractivity contribution is 5.62. The molecule has 3 nitrogen and oxygen atoms in total. The fourth-order valence-electron chi connectivity index (χ4n) is 1.64. The molecule has 0 aliphatic rings. The summed E-state index contributed by atoms with van der Waals surface area (Å²) >= 11 is 0. The van der Waals surface area contributed by atoms with E-state index in [0.717, 1.165) is 11.4 Å². The molecule has 0 heterocycles. The van der Waals surface area contributed by atoms with Crippen LogP contribution >= 0.6 is 0 Å². The number of aryl methyl sites for hydroxylation is 2. The highest BCUT2D eigenvalue weighted by atomic mass is 15.5. The lowest BCUT2D eigenvalue weighted by molar-refractivity contribution is 0.921. The van der Waals surface area contributed by atoms with Crippen molar-refractivity contribution < 1.29 is 0 Å². The number of anilines is 2. The Morgan fingerprint density at radius 3 is 1.41 bits per heavy atom. The molecule has 0 spiro atoms. The second-order valence-corrected chi connectivity index (χ2v) is 4.08. The van der Waals surface area contributed by atoms with E-state index in [1.807, 2.05) is 62.4 Å². The van der Waals surface area contributed by atoms with Crippen molar-refractivity contribution in [2.75, 3.05) is 5.01 Å². The zero-order chi connectivity index (χ0) is 12.3. The summed E-state index contributed by atoms with van der Waals surface area (Å²) in [6, 6.07) is 15.9. The Kier molecular flexibility index (Phi) is 3.19. The van der Waals surface area contributed by atoms with Crippen LogP contribution in [0.2, 0.25) is 0 Å². The lowest BCUT2D eigenvalue weighted by Gasteiger charge is -2.17. The zero-order valence-corrected chi connectivity index (χ0v) is 10.0. The topological polar surface area (TPSA) is 39.5 Å². The Bertz CT molecular complexity index is 454. The van der Waals surface area contributed by atoms with Crippen LogP contribution in [0.15, 0.2) is 53.8 Å². The monoisotopic (exact) mass is 225 g/mol. The van der Waals surface area contributed by atoms with E-state index < -0.39 is 0 Å². The van der Waals surface area contributed by atoms with Crippen molar-refractivity contribution in [2.45, 2.75) is 13.8 Å². The SMILES string of the molecule is Cc1ccc(N(N=N)c2ccc(C)cc2)cc1. The second kappa shape index (κ2) is 4.78. The maximum Gasteiger partial charge on any atom is 0.0669 e. The van der Waals surface area contributed by atoms with Crippen LogP contribution in [-0.2, 0) is 0 Å². The predicted molar refractivity (Wildman–Crippen MR) is 69.6 cm³/mol. The van der Waals surface area contributed by atoms with Crippen molar-refractivity contribution in [3.05, 3.63) is 59.7 Å². The van der Waals surface area contributed by atoms with E-state index in [1.165, 1.54) is 11.1 Å². The molecule has 0 saturated carbocycles. The second-order valence-electron chi connectivity index (χ2n) is 4.08. The first kappa shape index (κ1) is 11.3. The van der Waals surface area contributed by atoms with Crippen LogP contribution in [0.4, 0.5) is 11.4 Å². The van der Waals surface area contributed by atoms with E-state index in [-0.39, 0.29) is 0 Å². The number of hydrogen-bond donors (Lipinski definition) is 1. The van der Waals surface area contributed by atoms with Gasteiger partial charge in [0.05, 0.1) is 11.4 Å². The average molecular weight is 225 g/mol. The van der Waals surface area contributed by atoms with Gasteiger partial charge >= 0.3 is 0 Å². The van der Waals surface area contributed by atoms with Crippen LogP contribution in [0.3, 0.4) is 0 Å². The highest BCUT2D eigenvalue weighted by Crippen LogP contribution is 2.26. The Morgan fingerprint density at radius 2 is 1.12 bits per heavy atom. The van der Waals surface area contributed by atoms with E-state index in [2.05, 4.69) is 5.22 Å². The Hall–Kier alpha value is -2.16. The van der Waals surface area contributed by atoms with Gasteiger partial charge in [0, 0.05) is 0 Å². The number of rotatable bonds is 3. The summed E-state index contributed by atoms with van der Waals surface area (Å²) in [5.74, 6) is 0. The molecule has 17 heavy (non-hydrogen) atoms. The molecule has 0 aliphatic carbocycles. The molecule has 2 aromatic rings. The molecule has 0 radical (unpaired) electrons. The minimum atomic E-state index is 0.898. The van der Waals surface area contributed by atoms with Crippen molar-refractivity contribution >= 4 is 11.4 Å².